The predicted molar refractivity (Wildman–Crippen MR) is 107 cm³/mol. The zero-order chi connectivity index (χ0) is 20.5. The van der Waals surface area contributed by atoms with Crippen LogP contribution in [0.1, 0.15) is 31.8 Å². The first-order chi connectivity index (χ1) is 14.0. The van der Waals surface area contributed by atoms with E-state index in [1.54, 1.807) is 37.3 Å². The number of Topliss-reactive ketones (excluding diaryl/α,β-unsaturated/α-hetero) is 1. The Hall–Kier alpha value is -3.44. The smallest absolute Gasteiger partial charge is 0.343 e. The van der Waals surface area contributed by atoms with Crippen LogP contribution >= 0.6 is 11.6 Å². The quantitative estimate of drug-likeness (QED) is 0.320. The van der Waals surface area contributed by atoms with Gasteiger partial charge < -0.3 is 9.47 Å². The highest BCUT2D eigenvalue weighted by Crippen LogP contribution is 2.40. The highest BCUT2D eigenvalue weighted by atomic mass is 35.5. The third-order valence-electron chi connectivity index (χ3n) is 4.52. The number of esters is 1. The van der Waals surface area contributed by atoms with Gasteiger partial charge >= 0.3 is 5.97 Å². The molecule has 0 atom stereocenters. The van der Waals surface area contributed by atoms with Crippen molar-refractivity contribution in [2.45, 2.75) is 6.92 Å². The van der Waals surface area contributed by atoms with Crippen molar-refractivity contribution in [1.29, 1.82) is 0 Å². The minimum absolute atomic E-state index is 0.0540. The van der Waals surface area contributed by atoms with E-state index in [-0.39, 0.29) is 27.8 Å². The summed E-state index contributed by atoms with van der Waals surface area (Å²) in [6, 6.07) is 15.9. The molecule has 144 valence electrons. The molecule has 4 rings (SSSR count). The lowest BCUT2D eigenvalue weighted by Crippen LogP contribution is -2.09. The first kappa shape index (κ1) is 18.9. The van der Waals surface area contributed by atoms with Crippen molar-refractivity contribution in [3.05, 3.63) is 99.5 Å². The van der Waals surface area contributed by atoms with Crippen LogP contribution in [0.25, 0.3) is 6.08 Å². The second kappa shape index (κ2) is 7.53. The minimum Gasteiger partial charge on any atom is -0.452 e. The van der Waals surface area contributed by atoms with Gasteiger partial charge in [-0.25, -0.2) is 9.18 Å². The van der Waals surface area contributed by atoms with Gasteiger partial charge in [0.15, 0.2) is 5.76 Å². The molecule has 3 aromatic rings. The summed E-state index contributed by atoms with van der Waals surface area (Å²) in [5.41, 5.74) is 1.27. The molecule has 0 bridgehead atoms. The van der Waals surface area contributed by atoms with Crippen LogP contribution in [-0.2, 0) is 0 Å². The van der Waals surface area contributed by atoms with E-state index in [1.165, 1.54) is 36.4 Å². The SMILES string of the molecule is Cc1c(OC(=O)c2ccccc2)ccc2c1O/C(=C\c1c(F)cccc1Cl)C2=O. The summed E-state index contributed by atoms with van der Waals surface area (Å²) in [5.74, 6) is -0.994. The molecule has 0 amide bonds. The molecule has 0 radical (unpaired) electrons. The summed E-state index contributed by atoms with van der Waals surface area (Å²) >= 11 is 6.03. The van der Waals surface area contributed by atoms with Crippen LogP contribution in [0.3, 0.4) is 0 Å². The van der Waals surface area contributed by atoms with E-state index in [0.29, 0.717) is 16.7 Å². The number of allylic oxidation sites excluding steroid dienone is 1. The van der Waals surface area contributed by atoms with Gasteiger partial charge in [0.05, 0.1) is 16.1 Å². The number of hydrogen-bond acceptors (Lipinski definition) is 4. The summed E-state index contributed by atoms with van der Waals surface area (Å²) in [7, 11) is 0. The van der Waals surface area contributed by atoms with E-state index >= 15 is 0 Å². The second-order valence-corrected chi connectivity index (χ2v) is 6.80. The molecule has 0 saturated heterocycles. The van der Waals surface area contributed by atoms with Gasteiger partial charge in [0.1, 0.15) is 17.3 Å². The molecule has 1 aliphatic heterocycles. The van der Waals surface area contributed by atoms with Crippen molar-refractivity contribution in [2.75, 3.05) is 0 Å². The fourth-order valence-electron chi connectivity index (χ4n) is 2.99. The summed E-state index contributed by atoms with van der Waals surface area (Å²) < 4.78 is 25.2. The normalized spacial score (nSPS) is 13.9. The van der Waals surface area contributed by atoms with Gasteiger partial charge in [-0.1, -0.05) is 35.9 Å². The largest absolute Gasteiger partial charge is 0.452 e. The number of ether oxygens (including phenoxy) is 2. The number of rotatable bonds is 3. The summed E-state index contributed by atoms with van der Waals surface area (Å²) in [4.78, 5) is 25.0. The molecule has 1 heterocycles. The number of carbonyl (C=O) groups excluding carboxylic acids is 2. The molecule has 0 fully saturated rings. The first-order valence-electron chi connectivity index (χ1n) is 8.75. The van der Waals surface area contributed by atoms with Gasteiger partial charge in [-0.3, -0.25) is 4.79 Å². The maximum atomic E-state index is 14.1. The van der Waals surface area contributed by atoms with E-state index in [2.05, 4.69) is 0 Å². The number of fused-ring (bicyclic) bond motifs is 1. The number of ketones is 1. The van der Waals surface area contributed by atoms with Crippen molar-refractivity contribution in [3.63, 3.8) is 0 Å². The van der Waals surface area contributed by atoms with Crippen LogP contribution in [0.5, 0.6) is 11.5 Å². The lowest BCUT2D eigenvalue weighted by atomic mass is 10.1. The molecule has 0 aliphatic carbocycles. The molecular formula is C23H14ClFO4. The van der Waals surface area contributed by atoms with Crippen LogP contribution in [0.4, 0.5) is 4.39 Å². The Balaban J connectivity index is 1.66. The lowest BCUT2D eigenvalue weighted by Gasteiger charge is -2.10. The van der Waals surface area contributed by atoms with Gasteiger partial charge in [-0.05, 0) is 49.4 Å². The van der Waals surface area contributed by atoms with E-state index in [0.717, 1.165) is 0 Å². The van der Waals surface area contributed by atoms with Gasteiger partial charge in [0.25, 0.3) is 0 Å². The monoisotopic (exact) mass is 408 g/mol. The summed E-state index contributed by atoms with van der Waals surface area (Å²) in [6.45, 7) is 1.68. The van der Waals surface area contributed by atoms with Gasteiger partial charge in [-0.2, -0.15) is 0 Å². The molecule has 29 heavy (non-hydrogen) atoms. The van der Waals surface area contributed by atoms with Crippen molar-refractivity contribution < 1.29 is 23.5 Å². The Labute approximate surface area is 171 Å². The third-order valence-corrected chi connectivity index (χ3v) is 4.85. The predicted octanol–water partition coefficient (Wildman–Crippen LogP) is 5.62. The Morgan fingerprint density at radius 3 is 2.55 bits per heavy atom. The molecule has 0 unspecified atom stereocenters. The topological polar surface area (TPSA) is 52.6 Å². The van der Waals surface area contributed by atoms with E-state index in [4.69, 9.17) is 21.1 Å². The fourth-order valence-corrected chi connectivity index (χ4v) is 3.21. The van der Waals surface area contributed by atoms with E-state index in [1.807, 2.05) is 0 Å². The van der Waals surface area contributed by atoms with Crippen LogP contribution in [-0.4, -0.2) is 11.8 Å². The molecule has 4 nitrogen and oxygen atoms in total. The molecule has 1 aliphatic rings. The van der Waals surface area contributed by atoms with Gasteiger partial charge in [0.2, 0.25) is 5.78 Å². The third kappa shape index (κ3) is 3.52. The zero-order valence-corrected chi connectivity index (χ0v) is 16.0. The average Bonchev–Trinajstić information content (AvgIpc) is 3.04. The molecule has 0 saturated carbocycles. The minimum atomic E-state index is -0.563. The molecule has 0 spiro atoms. The Kier molecular flexibility index (Phi) is 4.91. The highest BCUT2D eigenvalue weighted by molar-refractivity contribution is 6.32. The average molecular weight is 409 g/mol. The van der Waals surface area contributed by atoms with Crippen molar-refractivity contribution in [2.24, 2.45) is 0 Å². The van der Waals surface area contributed by atoms with Gasteiger partial charge in [-0.15, -0.1) is 0 Å². The molecule has 0 aromatic heterocycles. The molecular weight excluding hydrogens is 395 g/mol. The Morgan fingerprint density at radius 1 is 1.07 bits per heavy atom. The highest BCUT2D eigenvalue weighted by Gasteiger charge is 2.31. The maximum Gasteiger partial charge on any atom is 0.343 e. The molecule has 3 aromatic carbocycles. The summed E-state index contributed by atoms with van der Waals surface area (Å²) in [5, 5.41) is 0.166. The fraction of sp³-hybridized carbons (Fsp3) is 0.0435. The number of benzene rings is 3. The van der Waals surface area contributed by atoms with Crippen molar-refractivity contribution in [1.82, 2.24) is 0 Å². The number of hydrogen-bond donors (Lipinski definition) is 0. The van der Waals surface area contributed by atoms with Crippen LogP contribution in [0, 0.1) is 12.7 Å². The van der Waals surface area contributed by atoms with Crippen LogP contribution < -0.4 is 9.47 Å². The van der Waals surface area contributed by atoms with Crippen LogP contribution in [0.15, 0.2) is 66.4 Å². The van der Waals surface area contributed by atoms with Crippen molar-refractivity contribution in [3.8, 4) is 11.5 Å². The number of carbonyl (C=O) groups is 2. The number of halogens is 2. The first-order valence-corrected chi connectivity index (χ1v) is 9.12. The van der Waals surface area contributed by atoms with Crippen molar-refractivity contribution >= 4 is 29.4 Å². The standard InChI is InChI=1S/C23H14ClFO4/c1-13-19(29-23(27)14-6-3-2-4-7-14)11-10-15-21(26)20(28-22(13)15)12-16-17(24)8-5-9-18(16)25/h2-12H,1H3/b20-12-. The Bertz CT molecular complexity index is 1150. The maximum absolute atomic E-state index is 14.1. The van der Waals surface area contributed by atoms with Gasteiger partial charge in [0, 0.05) is 11.1 Å². The van der Waals surface area contributed by atoms with E-state index < -0.39 is 17.6 Å². The molecule has 0 N–H and O–H groups in total. The second-order valence-electron chi connectivity index (χ2n) is 6.40. The zero-order valence-electron chi connectivity index (χ0n) is 15.2. The Morgan fingerprint density at radius 2 is 1.83 bits per heavy atom. The lowest BCUT2D eigenvalue weighted by molar-refractivity contribution is 0.0733. The molecule has 6 heteroatoms. The van der Waals surface area contributed by atoms with Crippen LogP contribution in [0.2, 0.25) is 5.02 Å². The van der Waals surface area contributed by atoms with E-state index in [9.17, 15) is 14.0 Å². The summed E-state index contributed by atoms with van der Waals surface area (Å²) in [6.07, 6.45) is 1.27.